The van der Waals surface area contributed by atoms with Gasteiger partial charge in [-0.15, -0.1) is 0 Å². The molecule has 2 heterocycles. The molecule has 24 heavy (non-hydrogen) atoms. The highest BCUT2D eigenvalue weighted by Crippen LogP contribution is 2.20. The van der Waals surface area contributed by atoms with E-state index in [1.54, 1.807) is 25.4 Å². The highest BCUT2D eigenvalue weighted by Gasteiger charge is 2.26. The van der Waals surface area contributed by atoms with Crippen LogP contribution in [0.15, 0.2) is 36.5 Å². The van der Waals surface area contributed by atoms with Gasteiger partial charge in [-0.05, 0) is 38.0 Å². The van der Waals surface area contributed by atoms with Crippen molar-refractivity contribution in [2.75, 3.05) is 20.2 Å². The number of amides is 1. The van der Waals surface area contributed by atoms with Crippen LogP contribution in [0, 0.1) is 6.92 Å². The lowest BCUT2D eigenvalue weighted by atomic mass is 10.1. The van der Waals surface area contributed by atoms with Crippen LogP contribution in [0.3, 0.4) is 0 Å². The van der Waals surface area contributed by atoms with Gasteiger partial charge in [0, 0.05) is 24.4 Å². The number of carbonyl (C=O) groups is 1. The average molecular weight is 327 g/mol. The molecule has 1 unspecified atom stereocenters. The molecule has 1 aromatic heterocycles. The van der Waals surface area contributed by atoms with E-state index in [2.05, 4.69) is 9.97 Å². The highest BCUT2D eigenvalue weighted by molar-refractivity contribution is 5.94. The van der Waals surface area contributed by atoms with Gasteiger partial charge in [0.25, 0.3) is 5.91 Å². The van der Waals surface area contributed by atoms with Crippen LogP contribution in [0.25, 0.3) is 0 Å². The Morgan fingerprint density at radius 1 is 1.33 bits per heavy atom. The van der Waals surface area contributed by atoms with E-state index in [-0.39, 0.29) is 12.0 Å². The molecule has 1 amide bonds. The van der Waals surface area contributed by atoms with Crippen molar-refractivity contribution in [3.8, 4) is 11.6 Å². The molecule has 1 atom stereocenters. The molecule has 126 valence electrons. The molecule has 1 saturated heterocycles. The summed E-state index contributed by atoms with van der Waals surface area (Å²) in [5.41, 5.74) is 0.632. The number of ether oxygens (including phenoxy) is 2. The first-order valence-electron chi connectivity index (χ1n) is 8.05. The summed E-state index contributed by atoms with van der Waals surface area (Å²) in [4.78, 5) is 22.9. The second-order valence-corrected chi connectivity index (χ2v) is 5.81. The molecule has 0 aliphatic carbocycles. The molecule has 0 radical (unpaired) electrons. The maximum absolute atomic E-state index is 12.7. The van der Waals surface area contributed by atoms with Gasteiger partial charge in [-0.1, -0.05) is 6.07 Å². The first kappa shape index (κ1) is 16.2. The summed E-state index contributed by atoms with van der Waals surface area (Å²) < 4.78 is 11.1. The van der Waals surface area contributed by atoms with Crippen molar-refractivity contribution in [1.82, 2.24) is 14.9 Å². The third kappa shape index (κ3) is 3.82. The zero-order chi connectivity index (χ0) is 16.9. The largest absolute Gasteiger partial charge is 0.497 e. The van der Waals surface area contributed by atoms with Crippen LogP contribution in [-0.4, -0.2) is 47.1 Å². The van der Waals surface area contributed by atoms with Gasteiger partial charge in [0.05, 0.1) is 13.7 Å². The lowest BCUT2D eigenvalue weighted by molar-refractivity contribution is 0.0526. The number of hydrogen-bond donors (Lipinski definition) is 0. The SMILES string of the molecule is COc1cccc(C(=O)N2CCCC(Oc3ccnc(C)n3)C2)c1. The fraction of sp³-hybridized carbons (Fsp3) is 0.389. The number of nitrogens with zero attached hydrogens (tertiary/aromatic N) is 3. The summed E-state index contributed by atoms with van der Waals surface area (Å²) in [6, 6.07) is 8.98. The van der Waals surface area contributed by atoms with Crippen molar-refractivity contribution in [3.05, 3.63) is 47.9 Å². The summed E-state index contributed by atoms with van der Waals surface area (Å²) in [6.45, 7) is 3.12. The lowest BCUT2D eigenvalue weighted by Gasteiger charge is -2.32. The second-order valence-electron chi connectivity index (χ2n) is 5.81. The standard InChI is InChI=1S/C18H21N3O3/c1-13-19-9-8-17(20-13)24-16-7-4-10-21(12-16)18(22)14-5-3-6-15(11-14)23-2/h3,5-6,8-9,11,16H,4,7,10,12H2,1-2H3. The Balaban J connectivity index is 1.67. The first-order chi connectivity index (χ1) is 11.7. The predicted molar refractivity (Wildman–Crippen MR) is 89.3 cm³/mol. The summed E-state index contributed by atoms with van der Waals surface area (Å²) in [6.07, 6.45) is 3.44. The van der Waals surface area contributed by atoms with Gasteiger partial charge in [0.15, 0.2) is 0 Å². The molecular formula is C18H21N3O3. The Bertz CT molecular complexity index is 720. The highest BCUT2D eigenvalue weighted by atomic mass is 16.5. The average Bonchev–Trinajstić information content (AvgIpc) is 2.61. The smallest absolute Gasteiger partial charge is 0.254 e. The molecule has 1 aliphatic rings. The summed E-state index contributed by atoms with van der Waals surface area (Å²) in [5, 5.41) is 0. The first-order valence-corrected chi connectivity index (χ1v) is 8.05. The Kier molecular flexibility index (Phi) is 4.93. The van der Waals surface area contributed by atoms with Gasteiger partial charge in [0.2, 0.25) is 5.88 Å². The molecule has 0 saturated carbocycles. The van der Waals surface area contributed by atoms with Crippen LogP contribution < -0.4 is 9.47 Å². The van der Waals surface area contributed by atoms with E-state index >= 15 is 0 Å². The molecule has 6 heteroatoms. The van der Waals surface area contributed by atoms with Crippen molar-refractivity contribution in [2.24, 2.45) is 0 Å². The minimum absolute atomic E-state index is 0.000989. The van der Waals surface area contributed by atoms with Gasteiger partial charge in [0.1, 0.15) is 17.7 Å². The Labute approximate surface area is 141 Å². The van der Waals surface area contributed by atoms with Crippen molar-refractivity contribution in [3.63, 3.8) is 0 Å². The van der Waals surface area contributed by atoms with Gasteiger partial charge < -0.3 is 14.4 Å². The van der Waals surface area contributed by atoms with Gasteiger partial charge >= 0.3 is 0 Å². The number of hydrogen-bond acceptors (Lipinski definition) is 5. The number of rotatable bonds is 4. The molecule has 1 aromatic carbocycles. The molecule has 0 bridgehead atoms. The minimum atomic E-state index is -0.0531. The van der Waals surface area contributed by atoms with Crippen LogP contribution in [0.1, 0.15) is 29.0 Å². The van der Waals surface area contributed by atoms with E-state index < -0.39 is 0 Å². The van der Waals surface area contributed by atoms with Gasteiger partial charge in [-0.25, -0.2) is 4.98 Å². The van der Waals surface area contributed by atoms with E-state index in [1.807, 2.05) is 30.0 Å². The van der Waals surface area contributed by atoms with Crippen molar-refractivity contribution in [2.45, 2.75) is 25.9 Å². The summed E-state index contributed by atoms with van der Waals surface area (Å²) in [5.74, 6) is 1.92. The fourth-order valence-corrected chi connectivity index (χ4v) is 2.83. The van der Waals surface area contributed by atoms with Crippen molar-refractivity contribution >= 4 is 5.91 Å². The Morgan fingerprint density at radius 3 is 3.00 bits per heavy atom. The molecular weight excluding hydrogens is 306 g/mol. The maximum Gasteiger partial charge on any atom is 0.254 e. The maximum atomic E-state index is 12.7. The van der Waals surface area contributed by atoms with Crippen LogP contribution in [0.4, 0.5) is 0 Å². The third-order valence-electron chi connectivity index (χ3n) is 4.02. The second kappa shape index (κ2) is 7.29. The Hall–Kier alpha value is -2.63. The number of carbonyl (C=O) groups excluding carboxylic acids is 1. The van der Waals surface area contributed by atoms with Crippen molar-refractivity contribution < 1.29 is 14.3 Å². The minimum Gasteiger partial charge on any atom is -0.497 e. The molecule has 3 rings (SSSR count). The van der Waals surface area contributed by atoms with Gasteiger partial charge in [-0.2, -0.15) is 4.98 Å². The lowest BCUT2D eigenvalue weighted by Crippen LogP contribution is -2.44. The van der Waals surface area contributed by atoms with Crippen LogP contribution in [-0.2, 0) is 0 Å². The zero-order valence-corrected chi connectivity index (χ0v) is 13.9. The molecule has 0 N–H and O–H groups in total. The monoisotopic (exact) mass is 327 g/mol. The molecule has 2 aromatic rings. The predicted octanol–water partition coefficient (Wildman–Crippen LogP) is 2.48. The van der Waals surface area contributed by atoms with Crippen LogP contribution in [0.2, 0.25) is 0 Å². The number of methoxy groups -OCH3 is 1. The third-order valence-corrected chi connectivity index (χ3v) is 4.02. The van der Waals surface area contributed by atoms with Gasteiger partial charge in [-0.3, -0.25) is 4.79 Å². The quantitative estimate of drug-likeness (QED) is 0.863. The normalized spacial score (nSPS) is 17.4. The topological polar surface area (TPSA) is 64.5 Å². The van der Waals surface area contributed by atoms with Crippen molar-refractivity contribution in [1.29, 1.82) is 0 Å². The fourth-order valence-electron chi connectivity index (χ4n) is 2.83. The van der Waals surface area contributed by atoms with E-state index in [9.17, 15) is 4.79 Å². The number of benzene rings is 1. The summed E-state index contributed by atoms with van der Waals surface area (Å²) >= 11 is 0. The van der Waals surface area contributed by atoms with Crippen LogP contribution >= 0.6 is 0 Å². The molecule has 1 aliphatic heterocycles. The van der Waals surface area contributed by atoms with E-state index in [0.29, 0.717) is 29.6 Å². The van der Waals surface area contributed by atoms with E-state index in [1.165, 1.54) is 0 Å². The Morgan fingerprint density at radius 2 is 2.21 bits per heavy atom. The van der Waals surface area contributed by atoms with E-state index in [4.69, 9.17) is 9.47 Å². The van der Waals surface area contributed by atoms with Crippen LogP contribution in [0.5, 0.6) is 11.6 Å². The molecule has 0 spiro atoms. The molecule has 6 nitrogen and oxygen atoms in total. The molecule has 1 fully saturated rings. The number of likely N-dealkylation sites (tertiary alicyclic amines) is 1. The number of aryl methyl sites for hydroxylation is 1. The number of piperidine rings is 1. The van der Waals surface area contributed by atoms with E-state index in [0.717, 1.165) is 19.4 Å². The number of aromatic nitrogens is 2. The summed E-state index contributed by atoms with van der Waals surface area (Å²) in [7, 11) is 1.60. The zero-order valence-electron chi connectivity index (χ0n) is 13.9.